The summed E-state index contributed by atoms with van der Waals surface area (Å²) in [6.45, 7) is 2.64. The van der Waals surface area contributed by atoms with E-state index in [1.807, 2.05) is 44.3 Å². The minimum absolute atomic E-state index is 0.0263. The molecule has 0 bridgehead atoms. The van der Waals surface area contributed by atoms with Gasteiger partial charge in [-0.2, -0.15) is 0 Å². The molecule has 0 aliphatic carbocycles. The molecular formula is C15H17ClN2O. The summed E-state index contributed by atoms with van der Waals surface area (Å²) in [4.78, 5) is 6.54. The van der Waals surface area contributed by atoms with Gasteiger partial charge in [0.05, 0.1) is 18.8 Å². The van der Waals surface area contributed by atoms with Crippen molar-refractivity contribution in [2.24, 2.45) is 0 Å². The Balaban J connectivity index is 2.22. The maximum Gasteiger partial charge on any atom is 0.0702 e. The van der Waals surface area contributed by atoms with Gasteiger partial charge in [0.15, 0.2) is 0 Å². The lowest BCUT2D eigenvalue weighted by Gasteiger charge is -2.22. The number of rotatable bonds is 4. The summed E-state index contributed by atoms with van der Waals surface area (Å²) in [5.74, 6) is 0. The Morgan fingerprint density at radius 3 is 2.74 bits per heavy atom. The predicted molar refractivity (Wildman–Crippen MR) is 78.5 cm³/mol. The largest absolute Gasteiger partial charge is 0.392 e. The van der Waals surface area contributed by atoms with Gasteiger partial charge in [-0.1, -0.05) is 17.7 Å². The third-order valence-electron chi connectivity index (χ3n) is 2.97. The summed E-state index contributed by atoms with van der Waals surface area (Å²) in [7, 11) is 1.98. The monoisotopic (exact) mass is 276 g/mol. The van der Waals surface area contributed by atoms with Crippen molar-refractivity contribution >= 4 is 17.3 Å². The first-order valence-corrected chi connectivity index (χ1v) is 6.51. The Kier molecular flexibility index (Phi) is 4.40. The Morgan fingerprint density at radius 1 is 1.26 bits per heavy atom. The highest BCUT2D eigenvalue weighted by atomic mass is 35.5. The zero-order valence-corrected chi connectivity index (χ0v) is 11.9. The van der Waals surface area contributed by atoms with Gasteiger partial charge >= 0.3 is 0 Å². The maximum atomic E-state index is 9.40. The second kappa shape index (κ2) is 6.04. The molecule has 4 heteroatoms. The van der Waals surface area contributed by atoms with Crippen LogP contribution in [0, 0.1) is 6.92 Å². The Hall–Kier alpha value is -1.58. The summed E-state index contributed by atoms with van der Waals surface area (Å²) in [5, 5.41) is 10.0. The highest BCUT2D eigenvalue weighted by molar-refractivity contribution is 6.30. The van der Waals surface area contributed by atoms with Gasteiger partial charge < -0.3 is 10.0 Å². The molecule has 1 N–H and O–H groups in total. The van der Waals surface area contributed by atoms with E-state index in [2.05, 4.69) is 9.88 Å². The van der Waals surface area contributed by atoms with E-state index in [4.69, 9.17) is 11.6 Å². The number of pyridine rings is 1. The van der Waals surface area contributed by atoms with E-state index in [-0.39, 0.29) is 6.61 Å². The van der Waals surface area contributed by atoms with Crippen molar-refractivity contribution in [2.75, 3.05) is 11.9 Å². The molecule has 19 heavy (non-hydrogen) atoms. The average Bonchev–Trinajstić information content (AvgIpc) is 2.38. The molecule has 0 fully saturated rings. The quantitative estimate of drug-likeness (QED) is 0.932. The van der Waals surface area contributed by atoms with E-state index in [1.165, 1.54) is 0 Å². The van der Waals surface area contributed by atoms with Gasteiger partial charge in [0.1, 0.15) is 0 Å². The van der Waals surface area contributed by atoms with Crippen molar-refractivity contribution in [1.29, 1.82) is 0 Å². The number of aromatic nitrogens is 1. The van der Waals surface area contributed by atoms with Crippen LogP contribution >= 0.6 is 11.6 Å². The number of benzene rings is 1. The van der Waals surface area contributed by atoms with Crippen molar-refractivity contribution < 1.29 is 5.11 Å². The summed E-state index contributed by atoms with van der Waals surface area (Å²) >= 11 is 5.94. The van der Waals surface area contributed by atoms with Crippen molar-refractivity contribution in [2.45, 2.75) is 20.1 Å². The van der Waals surface area contributed by atoms with Crippen LogP contribution in [0.4, 0.5) is 5.69 Å². The van der Waals surface area contributed by atoms with Crippen molar-refractivity contribution in [1.82, 2.24) is 4.98 Å². The lowest BCUT2D eigenvalue weighted by atomic mass is 10.1. The number of nitrogens with zero attached hydrogens (tertiary/aromatic N) is 2. The Morgan fingerprint density at radius 2 is 2.05 bits per heavy atom. The number of halogens is 1. The molecule has 2 aromatic rings. The molecule has 0 spiro atoms. The minimum Gasteiger partial charge on any atom is -0.392 e. The standard InChI is InChI=1S/C15H17ClN2O/c1-11-4-3-5-14(17-11)9-18(2)15-7-6-13(16)8-12(15)10-19/h3-8,19H,9-10H2,1-2H3. The molecule has 0 amide bonds. The first-order chi connectivity index (χ1) is 9.10. The molecule has 0 saturated heterocycles. The van der Waals surface area contributed by atoms with Crippen LogP contribution in [-0.4, -0.2) is 17.1 Å². The minimum atomic E-state index is -0.0263. The van der Waals surface area contributed by atoms with Crippen LogP contribution in [0.3, 0.4) is 0 Å². The Bertz CT molecular complexity index is 572. The van der Waals surface area contributed by atoms with Crippen LogP contribution in [0.5, 0.6) is 0 Å². The smallest absolute Gasteiger partial charge is 0.0702 e. The molecule has 1 heterocycles. The zero-order valence-electron chi connectivity index (χ0n) is 11.1. The molecule has 100 valence electrons. The molecule has 0 unspecified atom stereocenters. The fraction of sp³-hybridized carbons (Fsp3) is 0.267. The summed E-state index contributed by atoms with van der Waals surface area (Å²) in [6, 6.07) is 11.5. The zero-order chi connectivity index (χ0) is 13.8. The van der Waals surface area contributed by atoms with Crippen molar-refractivity contribution in [3.05, 3.63) is 58.4 Å². The van der Waals surface area contributed by atoms with Crippen LogP contribution in [0.1, 0.15) is 17.0 Å². The SMILES string of the molecule is Cc1cccc(CN(C)c2ccc(Cl)cc2CO)n1. The van der Waals surface area contributed by atoms with E-state index in [9.17, 15) is 5.11 Å². The van der Waals surface area contributed by atoms with Gasteiger partial charge in [0.2, 0.25) is 0 Å². The predicted octanol–water partition coefficient (Wildman–Crippen LogP) is 3.17. The number of hydrogen-bond donors (Lipinski definition) is 1. The van der Waals surface area contributed by atoms with Crippen LogP contribution in [0.2, 0.25) is 5.02 Å². The van der Waals surface area contributed by atoms with Gasteiger partial charge in [-0.25, -0.2) is 0 Å². The van der Waals surface area contributed by atoms with E-state index < -0.39 is 0 Å². The number of aliphatic hydroxyl groups excluding tert-OH is 1. The van der Waals surface area contributed by atoms with E-state index in [1.54, 1.807) is 6.07 Å². The van der Waals surface area contributed by atoms with Crippen LogP contribution in [0.15, 0.2) is 36.4 Å². The molecule has 0 aliphatic heterocycles. The van der Waals surface area contributed by atoms with Crippen molar-refractivity contribution in [3.63, 3.8) is 0 Å². The maximum absolute atomic E-state index is 9.40. The molecule has 1 aromatic heterocycles. The molecule has 1 aromatic carbocycles. The van der Waals surface area contributed by atoms with Crippen LogP contribution in [0.25, 0.3) is 0 Å². The van der Waals surface area contributed by atoms with Crippen LogP contribution in [-0.2, 0) is 13.2 Å². The van der Waals surface area contributed by atoms with E-state index in [0.717, 1.165) is 22.6 Å². The lowest BCUT2D eigenvalue weighted by molar-refractivity contribution is 0.282. The molecule has 0 radical (unpaired) electrons. The van der Waals surface area contributed by atoms with Gasteiger partial charge in [-0.05, 0) is 37.3 Å². The summed E-state index contributed by atoms with van der Waals surface area (Å²) < 4.78 is 0. The molecule has 3 nitrogen and oxygen atoms in total. The van der Waals surface area contributed by atoms with Crippen molar-refractivity contribution in [3.8, 4) is 0 Å². The molecule has 0 saturated carbocycles. The van der Waals surface area contributed by atoms with Gasteiger partial charge in [-0.15, -0.1) is 0 Å². The fourth-order valence-electron chi connectivity index (χ4n) is 2.07. The van der Waals surface area contributed by atoms with E-state index in [0.29, 0.717) is 11.6 Å². The Labute approximate surface area is 118 Å². The second-order valence-corrected chi connectivity index (χ2v) is 4.99. The number of hydrogen-bond acceptors (Lipinski definition) is 3. The molecule has 0 aliphatic rings. The topological polar surface area (TPSA) is 36.4 Å². The number of aliphatic hydroxyl groups is 1. The second-order valence-electron chi connectivity index (χ2n) is 4.56. The third kappa shape index (κ3) is 3.46. The summed E-state index contributed by atoms with van der Waals surface area (Å²) in [5.41, 5.74) is 3.79. The lowest BCUT2D eigenvalue weighted by Crippen LogP contribution is -2.19. The first kappa shape index (κ1) is 13.8. The fourth-order valence-corrected chi connectivity index (χ4v) is 2.26. The molecular weight excluding hydrogens is 260 g/mol. The molecule has 0 atom stereocenters. The van der Waals surface area contributed by atoms with Gasteiger partial charge in [-0.3, -0.25) is 4.98 Å². The third-order valence-corrected chi connectivity index (χ3v) is 3.20. The normalized spacial score (nSPS) is 10.5. The van der Waals surface area contributed by atoms with Crippen LogP contribution < -0.4 is 4.90 Å². The van der Waals surface area contributed by atoms with Gasteiger partial charge in [0, 0.05) is 29.0 Å². The highest BCUT2D eigenvalue weighted by Crippen LogP contribution is 2.24. The first-order valence-electron chi connectivity index (χ1n) is 6.13. The summed E-state index contributed by atoms with van der Waals surface area (Å²) in [6.07, 6.45) is 0. The highest BCUT2D eigenvalue weighted by Gasteiger charge is 2.09. The van der Waals surface area contributed by atoms with Gasteiger partial charge in [0.25, 0.3) is 0 Å². The average molecular weight is 277 g/mol. The van der Waals surface area contributed by atoms with E-state index >= 15 is 0 Å². The number of aryl methyl sites for hydroxylation is 1. The molecule has 2 rings (SSSR count). The number of anilines is 1.